The van der Waals surface area contributed by atoms with Gasteiger partial charge in [0.15, 0.2) is 0 Å². The van der Waals surface area contributed by atoms with Crippen LogP contribution in [0.15, 0.2) is 18.2 Å². The van der Waals surface area contributed by atoms with Crippen LogP contribution in [0.1, 0.15) is 11.1 Å². The van der Waals surface area contributed by atoms with Crippen molar-refractivity contribution < 1.29 is 9.84 Å². The highest BCUT2D eigenvalue weighted by Gasteiger charge is 2.21. The summed E-state index contributed by atoms with van der Waals surface area (Å²) in [4.78, 5) is 0. The van der Waals surface area contributed by atoms with E-state index in [1.54, 1.807) is 0 Å². The van der Waals surface area contributed by atoms with Crippen LogP contribution in [0.2, 0.25) is 0 Å². The lowest BCUT2D eigenvalue weighted by Crippen LogP contribution is -2.17. The molecule has 0 radical (unpaired) electrons. The highest BCUT2D eigenvalue weighted by atomic mass is 16.5. The highest BCUT2D eigenvalue weighted by Crippen LogP contribution is 2.28. The molecule has 1 atom stereocenters. The van der Waals surface area contributed by atoms with E-state index in [9.17, 15) is 0 Å². The first-order chi connectivity index (χ1) is 5.79. The van der Waals surface area contributed by atoms with Crippen molar-refractivity contribution in [1.82, 2.24) is 0 Å². The molecule has 0 saturated heterocycles. The maximum Gasteiger partial charge on any atom is 0.126 e. The second-order valence-electron chi connectivity index (χ2n) is 3.24. The van der Waals surface area contributed by atoms with Crippen molar-refractivity contribution in [3.63, 3.8) is 0 Å². The Balaban J connectivity index is 2.30. The number of fused-ring (bicyclic) bond motifs is 1. The summed E-state index contributed by atoms with van der Waals surface area (Å²) < 4.78 is 5.46. The number of aliphatic hydroxyl groups is 1. The van der Waals surface area contributed by atoms with Gasteiger partial charge in [0, 0.05) is 6.42 Å². The van der Waals surface area contributed by atoms with E-state index in [2.05, 4.69) is 13.0 Å². The molecule has 64 valence electrons. The normalized spacial score (nSPS) is 20.3. The van der Waals surface area contributed by atoms with Gasteiger partial charge in [0.1, 0.15) is 11.9 Å². The highest BCUT2D eigenvalue weighted by molar-refractivity contribution is 5.40. The molecule has 12 heavy (non-hydrogen) atoms. The zero-order valence-electron chi connectivity index (χ0n) is 7.08. The van der Waals surface area contributed by atoms with E-state index in [0.717, 1.165) is 12.2 Å². The smallest absolute Gasteiger partial charge is 0.126 e. The molecular formula is C10H12O2. The Labute approximate surface area is 71.8 Å². The lowest BCUT2D eigenvalue weighted by atomic mass is 10.1. The standard InChI is InChI=1S/C10H12O2/c1-7-2-3-10-8(4-7)5-9(6-11)12-10/h2-4,9,11H,5-6H2,1H3/t9-/m1/s1. The van der Waals surface area contributed by atoms with Gasteiger partial charge in [0.05, 0.1) is 6.61 Å². The Kier molecular flexibility index (Phi) is 1.77. The Bertz CT molecular complexity index is 294. The predicted octanol–water partition coefficient (Wildman–Crippen LogP) is 1.29. The number of aryl methyl sites for hydroxylation is 1. The minimum atomic E-state index is -0.0261. The van der Waals surface area contributed by atoms with Crippen LogP contribution in [0.5, 0.6) is 5.75 Å². The minimum Gasteiger partial charge on any atom is -0.487 e. The maximum atomic E-state index is 8.88. The molecule has 2 heteroatoms. The first-order valence-electron chi connectivity index (χ1n) is 4.16. The number of benzene rings is 1. The van der Waals surface area contributed by atoms with Crippen LogP contribution < -0.4 is 4.74 Å². The van der Waals surface area contributed by atoms with Gasteiger partial charge in [-0.05, 0) is 18.6 Å². The van der Waals surface area contributed by atoms with E-state index in [1.165, 1.54) is 11.1 Å². The van der Waals surface area contributed by atoms with Crippen molar-refractivity contribution in [2.24, 2.45) is 0 Å². The van der Waals surface area contributed by atoms with Crippen molar-refractivity contribution >= 4 is 0 Å². The van der Waals surface area contributed by atoms with Crippen molar-refractivity contribution in [3.05, 3.63) is 29.3 Å². The fourth-order valence-corrected chi connectivity index (χ4v) is 1.55. The van der Waals surface area contributed by atoms with Crippen molar-refractivity contribution in [2.45, 2.75) is 19.4 Å². The van der Waals surface area contributed by atoms with Crippen molar-refractivity contribution in [2.75, 3.05) is 6.61 Å². The van der Waals surface area contributed by atoms with Gasteiger partial charge in [-0.3, -0.25) is 0 Å². The Morgan fingerprint density at radius 1 is 1.58 bits per heavy atom. The zero-order valence-corrected chi connectivity index (χ0v) is 7.08. The van der Waals surface area contributed by atoms with E-state index in [0.29, 0.717) is 0 Å². The van der Waals surface area contributed by atoms with E-state index < -0.39 is 0 Å². The topological polar surface area (TPSA) is 29.5 Å². The average molecular weight is 164 g/mol. The van der Waals surface area contributed by atoms with E-state index >= 15 is 0 Å². The predicted molar refractivity (Wildman–Crippen MR) is 46.4 cm³/mol. The van der Waals surface area contributed by atoms with E-state index in [-0.39, 0.29) is 12.7 Å². The molecule has 1 N–H and O–H groups in total. The molecule has 1 aliphatic heterocycles. The second-order valence-corrected chi connectivity index (χ2v) is 3.24. The Morgan fingerprint density at radius 3 is 3.17 bits per heavy atom. The molecule has 0 fully saturated rings. The molecule has 0 unspecified atom stereocenters. The van der Waals surface area contributed by atoms with Gasteiger partial charge < -0.3 is 9.84 Å². The third-order valence-corrected chi connectivity index (χ3v) is 2.16. The minimum absolute atomic E-state index is 0.0261. The molecule has 0 aromatic heterocycles. The van der Waals surface area contributed by atoms with Gasteiger partial charge in [0.25, 0.3) is 0 Å². The maximum absolute atomic E-state index is 8.88. The molecule has 1 aromatic carbocycles. The summed E-state index contributed by atoms with van der Waals surface area (Å²) in [5.41, 5.74) is 2.46. The summed E-state index contributed by atoms with van der Waals surface area (Å²) in [6.07, 6.45) is 0.815. The molecule has 0 saturated carbocycles. The number of hydrogen-bond donors (Lipinski definition) is 1. The molecule has 1 heterocycles. The molecule has 0 spiro atoms. The lowest BCUT2D eigenvalue weighted by Gasteiger charge is -2.04. The summed E-state index contributed by atoms with van der Waals surface area (Å²) in [5, 5.41) is 8.88. The Morgan fingerprint density at radius 2 is 2.42 bits per heavy atom. The van der Waals surface area contributed by atoms with Gasteiger partial charge in [0.2, 0.25) is 0 Å². The van der Waals surface area contributed by atoms with Crippen LogP contribution in [0, 0.1) is 6.92 Å². The van der Waals surface area contributed by atoms with Gasteiger partial charge in [-0.1, -0.05) is 17.7 Å². The zero-order chi connectivity index (χ0) is 8.55. The Hall–Kier alpha value is -1.02. The SMILES string of the molecule is Cc1ccc2c(c1)C[C@H](CO)O2. The van der Waals surface area contributed by atoms with Crippen LogP contribution in [-0.4, -0.2) is 17.8 Å². The molecule has 1 aromatic rings. The summed E-state index contributed by atoms with van der Waals surface area (Å²) in [6, 6.07) is 6.11. The van der Waals surface area contributed by atoms with Gasteiger partial charge in [-0.15, -0.1) is 0 Å². The third-order valence-electron chi connectivity index (χ3n) is 2.16. The van der Waals surface area contributed by atoms with Crippen LogP contribution in [0.3, 0.4) is 0 Å². The van der Waals surface area contributed by atoms with Crippen LogP contribution in [-0.2, 0) is 6.42 Å². The molecule has 2 nitrogen and oxygen atoms in total. The van der Waals surface area contributed by atoms with Crippen LogP contribution >= 0.6 is 0 Å². The van der Waals surface area contributed by atoms with Gasteiger partial charge >= 0.3 is 0 Å². The molecular weight excluding hydrogens is 152 g/mol. The largest absolute Gasteiger partial charge is 0.487 e. The van der Waals surface area contributed by atoms with Gasteiger partial charge in [-0.25, -0.2) is 0 Å². The summed E-state index contributed by atoms with van der Waals surface area (Å²) in [7, 11) is 0. The quantitative estimate of drug-likeness (QED) is 0.677. The number of aliphatic hydroxyl groups excluding tert-OH is 1. The summed E-state index contributed by atoms with van der Waals surface area (Å²) >= 11 is 0. The lowest BCUT2D eigenvalue weighted by molar-refractivity contribution is 0.134. The van der Waals surface area contributed by atoms with Crippen molar-refractivity contribution in [3.8, 4) is 5.75 Å². The molecule has 0 amide bonds. The first kappa shape index (κ1) is 7.62. The number of rotatable bonds is 1. The van der Waals surface area contributed by atoms with Crippen LogP contribution in [0.25, 0.3) is 0 Å². The number of ether oxygens (including phenoxy) is 1. The van der Waals surface area contributed by atoms with E-state index in [4.69, 9.17) is 9.84 Å². The fraction of sp³-hybridized carbons (Fsp3) is 0.400. The third kappa shape index (κ3) is 1.18. The average Bonchev–Trinajstić information content (AvgIpc) is 2.46. The molecule has 0 bridgehead atoms. The van der Waals surface area contributed by atoms with E-state index in [1.807, 2.05) is 12.1 Å². The van der Waals surface area contributed by atoms with Gasteiger partial charge in [-0.2, -0.15) is 0 Å². The molecule has 2 rings (SSSR count). The molecule has 1 aliphatic rings. The fourth-order valence-electron chi connectivity index (χ4n) is 1.55. The first-order valence-corrected chi connectivity index (χ1v) is 4.16. The second kappa shape index (κ2) is 2.79. The summed E-state index contributed by atoms with van der Waals surface area (Å²) in [5.74, 6) is 0.930. The monoisotopic (exact) mass is 164 g/mol. The molecule has 0 aliphatic carbocycles. The number of hydrogen-bond acceptors (Lipinski definition) is 2. The summed E-state index contributed by atoms with van der Waals surface area (Å²) in [6.45, 7) is 2.17. The van der Waals surface area contributed by atoms with Crippen molar-refractivity contribution in [1.29, 1.82) is 0 Å². The van der Waals surface area contributed by atoms with Crippen LogP contribution in [0.4, 0.5) is 0 Å².